The second kappa shape index (κ2) is 13.0. The number of hydrogen-bond acceptors (Lipinski definition) is 11. The Kier molecular flexibility index (Phi) is 9.54. The highest BCUT2D eigenvalue weighted by Gasteiger charge is 2.13. The van der Waals surface area contributed by atoms with Crippen molar-refractivity contribution in [2.75, 3.05) is 18.5 Å². The third-order valence-electron chi connectivity index (χ3n) is 5.74. The number of aromatic nitrogens is 9. The number of nitrogen functional groups attached to an aromatic ring is 2. The first-order valence-electron chi connectivity index (χ1n) is 12.4. The van der Waals surface area contributed by atoms with Crippen LogP contribution in [-0.2, 0) is 25.9 Å². The van der Waals surface area contributed by atoms with E-state index in [9.17, 15) is 14.4 Å². The number of aromatic amines is 1. The average molecular weight is 576 g/mol. The van der Waals surface area contributed by atoms with E-state index in [1.807, 2.05) is 18.7 Å². The summed E-state index contributed by atoms with van der Waals surface area (Å²) >= 11 is 0. The molecule has 1 aliphatic heterocycles. The van der Waals surface area contributed by atoms with Crippen molar-refractivity contribution in [1.29, 1.82) is 0 Å². The summed E-state index contributed by atoms with van der Waals surface area (Å²) in [6.07, 6.45) is 8.28. The van der Waals surface area contributed by atoms with Crippen molar-refractivity contribution in [3.05, 3.63) is 88.0 Å². The van der Waals surface area contributed by atoms with Crippen LogP contribution in [0.4, 0.5) is 11.5 Å². The molecule has 16 heteroatoms. The molecule has 16 nitrogen and oxygen atoms in total. The van der Waals surface area contributed by atoms with E-state index in [0.29, 0.717) is 34.1 Å². The van der Waals surface area contributed by atoms with Crippen molar-refractivity contribution in [1.82, 2.24) is 53.8 Å². The normalized spacial score (nSPS) is 12.3. The Balaban J connectivity index is 0.000000155. The summed E-state index contributed by atoms with van der Waals surface area (Å²) in [4.78, 5) is 56.8. The minimum Gasteiger partial charge on any atom is -0.397 e. The van der Waals surface area contributed by atoms with Gasteiger partial charge in [-0.3, -0.25) is 9.59 Å². The second-order valence-electron chi connectivity index (χ2n) is 9.18. The highest BCUT2D eigenvalue weighted by Crippen LogP contribution is 2.14. The first-order valence-corrected chi connectivity index (χ1v) is 12.4. The van der Waals surface area contributed by atoms with Crippen molar-refractivity contribution in [3.63, 3.8) is 0 Å². The molecule has 0 aliphatic carbocycles. The summed E-state index contributed by atoms with van der Waals surface area (Å²) in [6.45, 7) is 7.14. The second-order valence-corrected chi connectivity index (χ2v) is 9.18. The van der Waals surface area contributed by atoms with Crippen LogP contribution in [0.15, 0.2) is 70.9 Å². The van der Waals surface area contributed by atoms with Gasteiger partial charge in [-0.25, -0.2) is 24.7 Å². The zero-order chi connectivity index (χ0) is 31.1. The smallest absolute Gasteiger partial charge is 0.349 e. The average Bonchev–Trinajstić information content (AvgIpc) is 3.50. The standard InChI is InChI=1S/C7H8N4O.C7H8N4.C7H10N2O.C5H7N3O/c1-4-9-6-5(7(12)10-4)8-3-11(6)2;1-11-4-10-6-5(8)2-3-9-7(6)11;1-5-4-9(3)6(2)8-7(5)10;1-8-3-2-4(6)7-5(8)9/h3H,1-2H3,(H,9,10,12);2-4H,1H3,(H2,8,9);4H,2H2,1,3H3,(H,8,10);2-3H,1H3,(H2,6,7,9). The number of carbonyl (C=O) groups is 1. The van der Waals surface area contributed by atoms with E-state index in [2.05, 4.69) is 41.8 Å². The molecular formula is C26H33N13O3. The Morgan fingerprint density at radius 2 is 1.48 bits per heavy atom. The Labute approximate surface area is 240 Å². The van der Waals surface area contributed by atoms with Crippen LogP contribution in [0.1, 0.15) is 12.7 Å². The molecule has 5 aromatic rings. The Hall–Kier alpha value is -5.80. The summed E-state index contributed by atoms with van der Waals surface area (Å²) in [5.74, 6) is 1.42. The third-order valence-corrected chi connectivity index (χ3v) is 5.74. The lowest BCUT2D eigenvalue weighted by atomic mass is 10.2. The molecule has 0 radical (unpaired) electrons. The molecule has 0 saturated heterocycles. The van der Waals surface area contributed by atoms with Crippen LogP contribution in [0.2, 0.25) is 0 Å². The van der Waals surface area contributed by atoms with Gasteiger partial charge in [-0.1, -0.05) is 6.58 Å². The summed E-state index contributed by atoms with van der Waals surface area (Å²) in [5.41, 5.74) is 14.3. The molecule has 6 heterocycles. The minimum absolute atomic E-state index is 0.0666. The van der Waals surface area contributed by atoms with E-state index < -0.39 is 0 Å². The number of pyridine rings is 1. The molecule has 0 bridgehead atoms. The zero-order valence-electron chi connectivity index (χ0n) is 24.2. The molecule has 42 heavy (non-hydrogen) atoms. The van der Waals surface area contributed by atoms with Crippen LogP contribution < -0.4 is 28.0 Å². The largest absolute Gasteiger partial charge is 0.397 e. The van der Waals surface area contributed by atoms with Crippen LogP contribution in [0, 0.1) is 6.92 Å². The molecule has 0 unspecified atom stereocenters. The van der Waals surface area contributed by atoms with Crippen molar-refractivity contribution in [2.24, 2.45) is 21.1 Å². The zero-order valence-corrected chi connectivity index (χ0v) is 24.2. The van der Waals surface area contributed by atoms with Gasteiger partial charge in [-0.2, -0.15) is 4.98 Å². The number of anilines is 2. The first-order chi connectivity index (χ1) is 19.8. The number of amides is 1. The molecule has 1 aliphatic rings. The van der Waals surface area contributed by atoms with Crippen LogP contribution >= 0.6 is 0 Å². The molecule has 0 saturated carbocycles. The number of imidazole rings is 2. The molecule has 0 aromatic carbocycles. The first kappa shape index (κ1) is 30.7. The highest BCUT2D eigenvalue weighted by atomic mass is 16.2. The Morgan fingerprint density at radius 1 is 0.833 bits per heavy atom. The van der Waals surface area contributed by atoms with Crippen molar-refractivity contribution in [2.45, 2.75) is 13.8 Å². The molecule has 5 aromatic heterocycles. The predicted molar refractivity (Wildman–Crippen MR) is 159 cm³/mol. The van der Waals surface area contributed by atoms with Gasteiger partial charge in [0, 0.05) is 52.4 Å². The summed E-state index contributed by atoms with van der Waals surface area (Å²) < 4.78 is 4.92. The lowest BCUT2D eigenvalue weighted by Crippen LogP contribution is -2.35. The number of H-pyrrole nitrogens is 1. The van der Waals surface area contributed by atoms with E-state index in [0.717, 1.165) is 11.2 Å². The van der Waals surface area contributed by atoms with Gasteiger partial charge in [0.2, 0.25) is 0 Å². The molecule has 0 atom stereocenters. The fraction of sp³-hybridized carbons (Fsp3) is 0.231. The number of hydrogen-bond donors (Lipinski definition) is 4. The number of nitrogens with two attached hydrogens (primary N) is 2. The Morgan fingerprint density at radius 3 is 2.07 bits per heavy atom. The van der Waals surface area contributed by atoms with Gasteiger partial charge in [-0.15, -0.1) is 0 Å². The van der Waals surface area contributed by atoms with Gasteiger partial charge in [0.05, 0.1) is 18.3 Å². The van der Waals surface area contributed by atoms with Crippen LogP contribution in [0.3, 0.4) is 0 Å². The molecule has 0 fully saturated rings. The van der Waals surface area contributed by atoms with Gasteiger partial charge in [0.25, 0.3) is 11.5 Å². The highest BCUT2D eigenvalue weighted by molar-refractivity contribution is 5.94. The maximum Gasteiger partial charge on any atom is 0.349 e. The van der Waals surface area contributed by atoms with E-state index in [1.54, 1.807) is 80.8 Å². The van der Waals surface area contributed by atoms with Gasteiger partial charge < -0.3 is 40.4 Å². The van der Waals surface area contributed by atoms with Crippen LogP contribution in [0.25, 0.3) is 22.3 Å². The van der Waals surface area contributed by atoms with E-state index in [1.165, 1.54) is 4.57 Å². The topological polar surface area (TPSA) is 214 Å². The van der Waals surface area contributed by atoms with E-state index in [-0.39, 0.29) is 23.0 Å². The van der Waals surface area contributed by atoms with Crippen LogP contribution in [0.5, 0.6) is 0 Å². The number of rotatable bonds is 0. The lowest BCUT2D eigenvalue weighted by Gasteiger charge is -2.23. The monoisotopic (exact) mass is 575 g/mol. The van der Waals surface area contributed by atoms with Gasteiger partial charge >= 0.3 is 5.69 Å². The van der Waals surface area contributed by atoms with Gasteiger partial charge in [0.1, 0.15) is 23.0 Å². The molecule has 6 N–H and O–H groups in total. The maximum atomic E-state index is 11.2. The Bertz CT molecular complexity index is 1900. The third kappa shape index (κ3) is 7.44. The minimum atomic E-state index is -0.324. The molecule has 6 rings (SSSR count). The summed E-state index contributed by atoms with van der Waals surface area (Å²) in [7, 11) is 7.16. The summed E-state index contributed by atoms with van der Waals surface area (Å²) in [5, 5.41) is 2.60. The van der Waals surface area contributed by atoms with Gasteiger partial charge in [-0.05, 0) is 26.0 Å². The van der Waals surface area contributed by atoms with Crippen molar-refractivity contribution < 1.29 is 4.79 Å². The molecule has 1 amide bonds. The molecule has 0 spiro atoms. The fourth-order valence-electron chi connectivity index (χ4n) is 3.40. The number of carbonyl (C=O) groups excluding carboxylic acids is 1. The molecular weight excluding hydrogens is 542 g/mol. The number of nitrogens with one attached hydrogen (secondary N) is 2. The number of fused-ring (bicyclic) bond motifs is 2. The van der Waals surface area contributed by atoms with Crippen LogP contribution in [-0.4, -0.2) is 61.5 Å². The van der Waals surface area contributed by atoms with E-state index in [4.69, 9.17) is 11.5 Å². The summed E-state index contributed by atoms with van der Waals surface area (Å²) in [6, 6.07) is 3.32. The van der Waals surface area contributed by atoms with Crippen molar-refractivity contribution in [3.8, 4) is 0 Å². The molecule has 220 valence electrons. The number of aryl methyl sites for hydroxylation is 4. The fourth-order valence-corrected chi connectivity index (χ4v) is 3.40. The maximum absolute atomic E-state index is 11.2. The predicted octanol–water partition coefficient (Wildman–Crippen LogP) is 0.301. The quantitative estimate of drug-likeness (QED) is 0.197. The van der Waals surface area contributed by atoms with Gasteiger partial charge in [0.15, 0.2) is 16.8 Å². The number of nitrogens with zero attached hydrogens (tertiary/aromatic N) is 9. The SMILES string of the molecule is C=C1NC(=O)C(C)=CN1C.Cc1nc2c(ncn2C)c(=O)[nH]1.Cn1ccc(N)nc1=O.Cn1cnc2c(N)ccnc21. The lowest BCUT2D eigenvalue weighted by molar-refractivity contribution is -0.117. The van der Waals surface area contributed by atoms with E-state index >= 15 is 0 Å². The van der Waals surface area contributed by atoms with Crippen molar-refractivity contribution >= 4 is 39.7 Å².